The van der Waals surface area contributed by atoms with E-state index in [9.17, 15) is 0 Å². The minimum absolute atomic E-state index is 0.747. The largest absolute Gasteiger partial charge is 0.342 e. The molecule has 0 saturated heterocycles. The average Bonchev–Trinajstić information content (AvgIpc) is 3.02. The quantitative estimate of drug-likeness (QED) is 0.727. The van der Waals surface area contributed by atoms with Gasteiger partial charge in [0.2, 0.25) is 0 Å². The molecule has 0 aliphatic heterocycles. The van der Waals surface area contributed by atoms with Gasteiger partial charge in [-0.15, -0.1) is 11.3 Å². The number of rotatable bonds is 5. The molecule has 0 bridgehead atoms. The first kappa shape index (κ1) is 13.9. The highest BCUT2D eigenvalue weighted by Crippen LogP contribution is 2.27. The summed E-state index contributed by atoms with van der Waals surface area (Å²) < 4.78 is 3.53. The minimum Gasteiger partial charge on any atom is -0.342 e. The number of hydrogen-bond acceptors (Lipinski definition) is 2. The monoisotopic (exact) mass is 348 g/mol. The molecule has 2 heterocycles. The highest BCUT2D eigenvalue weighted by Gasteiger charge is 2.08. The number of hydrogen-bond donors (Lipinski definition) is 1. The molecule has 0 atom stereocenters. The Hall–Kier alpha value is -1.10. The van der Waals surface area contributed by atoms with E-state index in [2.05, 4.69) is 63.1 Å². The molecule has 0 radical (unpaired) electrons. The maximum absolute atomic E-state index is 5.64. The zero-order chi connectivity index (χ0) is 13.9. The third kappa shape index (κ3) is 2.82. The second-order valence-corrected chi connectivity index (χ2v) is 7.45. The molecule has 0 amide bonds. The van der Waals surface area contributed by atoms with E-state index >= 15 is 0 Å². The van der Waals surface area contributed by atoms with Crippen molar-refractivity contribution in [2.45, 2.75) is 19.4 Å². The molecule has 0 unspecified atom stereocenters. The van der Waals surface area contributed by atoms with Gasteiger partial charge in [-0.3, -0.25) is 0 Å². The first-order chi connectivity index (χ1) is 9.78. The molecule has 2 aromatic heterocycles. The van der Waals surface area contributed by atoms with Crippen LogP contribution < -0.4 is 5.73 Å². The summed E-state index contributed by atoms with van der Waals surface area (Å²) in [6.45, 7) is 1.68. The van der Waals surface area contributed by atoms with Crippen LogP contribution in [0, 0.1) is 0 Å². The number of thiophene rings is 1. The Morgan fingerprint density at radius 1 is 1.15 bits per heavy atom. The summed E-state index contributed by atoms with van der Waals surface area (Å²) in [5.41, 5.74) is 8.36. The van der Waals surface area contributed by atoms with Gasteiger partial charge in [0.15, 0.2) is 0 Å². The molecule has 2 N–H and O–H groups in total. The van der Waals surface area contributed by atoms with Gasteiger partial charge >= 0.3 is 0 Å². The third-order valence-electron chi connectivity index (χ3n) is 3.48. The number of para-hydroxylation sites is 1. The van der Waals surface area contributed by atoms with Crippen LogP contribution in [-0.4, -0.2) is 11.1 Å². The van der Waals surface area contributed by atoms with Crippen LogP contribution in [0.4, 0.5) is 0 Å². The minimum atomic E-state index is 0.747. The molecular weight excluding hydrogens is 332 g/mol. The lowest BCUT2D eigenvalue weighted by Crippen LogP contribution is -2.00. The number of aryl methyl sites for hydroxylation is 1. The highest BCUT2D eigenvalue weighted by atomic mass is 79.9. The molecule has 1 aromatic carbocycles. The summed E-state index contributed by atoms with van der Waals surface area (Å²) in [5.74, 6) is 0. The lowest BCUT2D eigenvalue weighted by molar-refractivity contribution is 0.812. The predicted octanol–water partition coefficient (Wildman–Crippen LogP) is 4.40. The molecule has 0 aliphatic rings. The maximum atomic E-state index is 5.64. The van der Waals surface area contributed by atoms with Gasteiger partial charge in [-0.05, 0) is 59.1 Å². The van der Waals surface area contributed by atoms with Gasteiger partial charge in [0.05, 0.1) is 10.3 Å². The Labute approximate surface area is 131 Å². The highest BCUT2D eigenvalue weighted by molar-refractivity contribution is 9.11. The summed E-state index contributed by atoms with van der Waals surface area (Å²) in [7, 11) is 0. The van der Waals surface area contributed by atoms with Crippen LogP contribution in [0.25, 0.3) is 10.9 Å². The third-order valence-corrected chi connectivity index (χ3v) is 5.08. The number of aromatic nitrogens is 1. The number of halogens is 1. The van der Waals surface area contributed by atoms with Crippen molar-refractivity contribution in [3.05, 3.63) is 56.8 Å². The summed E-state index contributed by atoms with van der Waals surface area (Å²) in [6.07, 6.45) is 4.38. The van der Waals surface area contributed by atoms with E-state index in [1.165, 1.54) is 25.1 Å². The molecule has 20 heavy (non-hydrogen) atoms. The molecule has 0 spiro atoms. The predicted molar refractivity (Wildman–Crippen MR) is 90.4 cm³/mol. The standard InChI is InChI=1S/C16H17BrN2S/c17-16-8-7-13(20-16)11-19-10-12(4-3-9-18)14-5-1-2-6-15(14)19/h1-2,5-8,10H,3-4,9,11,18H2. The van der Waals surface area contributed by atoms with Gasteiger partial charge in [-0.2, -0.15) is 0 Å². The van der Waals surface area contributed by atoms with Crippen molar-refractivity contribution in [2.24, 2.45) is 5.73 Å². The van der Waals surface area contributed by atoms with Gasteiger partial charge in [-0.1, -0.05) is 18.2 Å². The van der Waals surface area contributed by atoms with Crippen LogP contribution in [0.15, 0.2) is 46.4 Å². The van der Waals surface area contributed by atoms with E-state index in [0.29, 0.717) is 0 Å². The van der Waals surface area contributed by atoms with Crippen molar-refractivity contribution in [2.75, 3.05) is 6.54 Å². The lowest BCUT2D eigenvalue weighted by atomic mass is 10.1. The van der Waals surface area contributed by atoms with Crippen LogP contribution in [-0.2, 0) is 13.0 Å². The van der Waals surface area contributed by atoms with Crippen LogP contribution >= 0.6 is 27.3 Å². The Morgan fingerprint density at radius 2 is 2.00 bits per heavy atom. The summed E-state index contributed by atoms with van der Waals surface area (Å²) in [6, 6.07) is 12.9. The van der Waals surface area contributed by atoms with Crippen molar-refractivity contribution in [3.63, 3.8) is 0 Å². The van der Waals surface area contributed by atoms with Crippen LogP contribution in [0.1, 0.15) is 16.9 Å². The van der Waals surface area contributed by atoms with E-state index < -0.39 is 0 Å². The molecule has 4 heteroatoms. The SMILES string of the molecule is NCCCc1cn(Cc2ccc(Br)s2)c2ccccc12. The maximum Gasteiger partial charge on any atom is 0.0702 e. The topological polar surface area (TPSA) is 30.9 Å². The summed E-state index contributed by atoms with van der Waals surface area (Å²) in [5, 5.41) is 1.36. The second-order valence-electron chi connectivity index (χ2n) is 4.90. The van der Waals surface area contributed by atoms with Gasteiger partial charge < -0.3 is 10.3 Å². The average molecular weight is 349 g/mol. The van der Waals surface area contributed by atoms with E-state index in [4.69, 9.17) is 5.73 Å². The number of benzene rings is 1. The lowest BCUT2D eigenvalue weighted by Gasteiger charge is -2.02. The zero-order valence-corrected chi connectivity index (χ0v) is 13.6. The zero-order valence-electron chi connectivity index (χ0n) is 11.2. The van der Waals surface area contributed by atoms with E-state index in [0.717, 1.165) is 25.9 Å². The van der Waals surface area contributed by atoms with Crippen molar-refractivity contribution >= 4 is 38.2 Å². The van der Waals surface area contributed by atoms with Gasteiger partial charge in [-0.25, -0.2) is 0 Å². The first-order valence-corrected chi connectivity index (χ1v) is 8.40. The smallest absolute Gasteiger partial charge is 0.0702 e. The van der Waals surface area contributed by atoms with Crippen molar-refractivity contribution in [1.29, 1.82) is 0 Å². The fourth-order valence-electron chi connectivity index (χ4n) is 2.55. The molecule has 3 rings (SSSR count). The molecular formula is C16H17BrN2S. The molecule has 104 valence electrons. The fraction of sp³-hybridized carbons (Fsp3) is 0.250. The van der Waals surface area contributed by atoms with Crippen molar-refractivity contribution in [1.82, 2.24) is 4.57 Å². The Kier molecular flexibility index (Phi) is 4.24. The number of nitrogens with zero attached hydrogens (tertiary/aromatic N) is 1. The van der Waals surface area contributed by atoms with Crippen LogP contribution in [0.3, 0.4) is 0 Å². The van der Waals surface area contributed by atoms with Crippen molar-refractivity contribution < 1.29 is 0 Å². The van der Waals surface area contributed by atoms with Crippen LogP contribution in [0.5, 0.6) is 0 Å². The molecule has 0 fully saturated rings. The Morgan fingerprint density at radius 3 is 2.75 bits per heavy atom. The normalized spacial score (nSPS) is 11.3. The van der Waals surface area contributed by atoms with Crippen LogP contribution in [0.2, 0.25) is 0 Å². The molecule has 3 aromatic rings. The van der Waals surface area contributed by atoms with Gasteiger partial charge in [0, 0.05) is 22.0 Å². The summed E-state index contributed by atoms with van der Waals surface area (Å²) >= 11 is 5.32. The Balaban J connectivity index is 1.97. The second kappa shape index (κ2) is 6.12. The Bertz CT molecular complexity index is 714. The van der Waals surface area contributed by atoms with E-state index in [1.54, 1.807) is 11.3 Å². The van der Waals surface area contributed by atoms with Crippen molar-refractivity contribution in [3.8, 4) is 0 Å². The van der Waals surface area contributed by atoms with E-state index in [-0.39, 0.29) is 0 Å². The molecule has 2 nitrogen and oxygen atoms in total. The fourth-order valence-corrected chi connectivity index (χ4v) is 4.03. The number of nitrogens with two attached hydrogens (primary N) is 1. The number of fused-ring (bicyclic) bond motifs is 1. The van der Waals surface area contributed by atoms with Gasteiger partial charge in [0.25, 0.3) is 0 Å². The van der Waals surface area contributed by atoms with E-state index in [1.807, 2.05) is 0 Å². The molecule has 0 saturated carbocycles. The first-order valence-electron chi connectivity index (χ1n) is 6.79. The molecule has 0 aliphatic carbocycles. The summed E-state index contributed by atoms with van der Waals surface area (Å²) in [4.78, 5) is 1.36. The van der Waals surface area contributed by atoms with Gasteiger partial charge in [0.1, 0.15) is 0 Å².